The van der Waals surface area contributed by atoms with Gasteiger partial charge in [0, 0.05) is 0 Å². The number of nitrogens with zero attached hydrogens (tertiary/aromatic N) is 2. The van der Waals surface area contributed by atoms with Gasteiger partial charge in [0.15, 0.2) is 12.4 Å². The molecule has 7 nitrogen and oxygen atoms in total. The molecule has 0 saturated carbocycles. The molecule has 0 amide bonds. The van der Waals surface area contributed by atoms with E-state index in [1.54, 1.807) is 0 Å². The van der Waals surface area contributed by atoms with Crippen LogP contribution in [0.5, 0.6) is 0 Å². The van der Waals surface area contributed by atoms with Gasteiger partial charge in [-0.15, -0.1) is 0 Å². The quantitative estimate of drug-likeness (QED) is 0.314. The maximum Gasteiger partial charge on any atom is 0.308 e. The number of hydrogen-bond donors (Lipinski definition) is 1. The van der Waals surface area contributed by atoms with Gasteiger partial charge >= 0.3 is 5.97 Å². The molecule has 7 heteroatoms. The van der Waals surface area contributed by atoms with Crippen molar-refractivity contribution in [3.05, 3.63) is 39.3 Å². The Morgan fingerprint density at radius 3 is 2.79 bits per heavy atom. The van der Waals surface area contributed by atoms with Gasteiger partial charge in [-0.05, 0) is 0 Å². The van der Waals surface area contributed by atoms with Crippen LogP contribution < -0.4 is 4.73 Å². The summed E-state index contributed by atoms with van der Waals surface area (Å²) in [7, 11) is 0. The third kappa shape index (κ3) is 2.16. The Morgan fingerprint density at radius 2 is 2.29 bits per heavy atom. The zero-order valence-electron chi connectivity index (χ0n) is 6.91. The summed E-state index contributed by atoms with van der Waals surface area (Å²) in [6, 6.07) is 0.977. The van der Waals surface area contributed by atoms with Crippen LogP contribution in [0.4, 0.5) is 5.69 Å². The number of hydrogen-bond acceptors (Lipinski definition) is 4. The lowest BCUT2D eigenvalue weighted by Gasteiger charge is -1.99. The molecule has 0 radical (unpaired) electrons. The zero-order chi connectivity index (χ0) is 10.7. The summed E-state index contributed by atoms with van der Waals surface area (Å²) < 4.78 is 0.325. The van der Waals surface area contributed by atoms with Crippen LogP contribution in [0.1, 0.15) is 5.56 Å². The van der Waals surface area contributed by atoms with Crippen molar-refractivity contribution in [2.24, 2.45) is 0 Å². The Bertz CT molecular complexity index is 390. The van der Waals surface area contributed by atoms with Crippen LogP contribution in [-0.2, 0) is 11.2 Å². The highest BCUT2D eigenvalue weighted by Gasteiger charge is 2.18. The Labute approximate surface area is 77.9 Å². The number of pyridine rings is 1. The maximum atomic E-state index is 10.7. The van der Waals surface area contributed by atoms with Crippen molar-refractivity contribution >= 4 is 11.7 Å². The number of carboxylic acids is 1. The number of aromatic nitrogens is 1. The van der Waals surface area contributed by atoms with Crippen LogP contribution >= 0.6 is 0 Å². The van der Waals surface area contributed by atoms with E-state index in [0.29, 0.717) is 4.73 Å². The van der Waals surface area contributed by atoms with Gasteiger partial charge in [0.25, 0.3) is 5.69 Å². The zero-order valence-corrected chi connectivity index (χ0v) is 6.91. The minimum absolute atomic E-state index is 0.111. The van der Waals surface area contributed by atoms with E-state index in [2.05, 4.69) is 0 Å². The summed E-state index contributed by atoms with van der Waals surface area (Å²) >= 11 is 0. The molecule has 0 aromatic carbocycles. The van der Waals surface area contributed by atoms with Crippen LogP contribution in [0.25, 0.3) is 0 Å². The second kappa shape index (κ2) is 3.69. The second-order valence-electron chi connectivity index (χ2n) is 2.54. The van der Waals surface area contributed by atoms with Crippen molar-refractivity contribution < 1.29 is 19.6 Å². The van der Waals surface area contributed by atoms with Crippen LogP contribution in [0.2, 0.25) is 0 Å². The number of carboxylic acid groups (broad SMARTS) is 1. The molecule has 0 aliphatic carbocycles. The normalized spacial score (nSPS) is 9.71. The summed E-state index contributed by atoms with van der Waals surface area (Å²) in [5.41, 5.74) is -0.473. The predicted molar refractivity (Wildman–Crippen MR) is 43.4 cm³/mol. The van der Waals surface area contributed by atoms with Crippen molar-refractivity contribution in [1.82, 2.24) is 0 Å². The van der Waals surface area contributed by atoms with E-state index in [4.69, 9.17) is 5.11 Å². The van der Waals surface area contributed by atoms with Crippen LogP contribution in [0, 0.1) is 15.3 Å². The third-order valence-corrected chi connectivity index (χ3v) is 1.53. The Kier molecular flexibility index (Phi) is 2.61. The molecule has 0 aliphatic heterocycles. The molecule has 1 N–H and O–H groups in total. The first-order valence-electron chi connectivity index (χ1n) is 3.58. The first-order valence-corrected chi connectivity index (χ1v) is 3.58. The third-order valence-electron chi connectivity index (χ3n) is 1.53. The predicted octanol–water partition coefficient (Wildman–Crippen LogP) is -0.145. The number of aliphatic carboxylic acids is 1. The van der Waals surface area contributed by atoms with E-state index in [0.717, 1.165) is 18.5 Å². The summed E-state index contributed by atoms with van der Waals surface area (Å²) in [6.45, 7) is 0. The lowest BCUT2D eigenvalue weighted by atomic mass is 10.2. The fraction of sp³-hybridized carbons (Fsp3) is 0.143. The molecule has 74 valence electrons. The Balaban J connectivity index is 3.15. The van der Waals surface area contributed by atoms with Gasteiger partial charge in [0.1, 0.15) is 5.56 Å². The number of rotatable bonds is 3. The average molecular weight is 198 g/mol. The summed E-state index contributed by atoms with van der Waals surface area (Å²) in [5.74, 6) is -1.22. The van der Waals surface area contributed by atoms with Crippen molar-refractivity contribution in [3.63, 3.8) is 0 Å². The summed E-state index contributed by atoms with van der Waals surface area (Å²) in [4.78, 5) is 20.0. The molecule has 0 spiro atoms. The molecule has 0 saturated heterocycles. The molecule has 0 aliphatic rings. The van der Waals surface area contributed by atoms with Crippen LogP contribution in [0.15, 0.2) is 18.5 Å². The molecule has 1 aromatic rings. The average Bonchev–Trinajstić information content (AvgIpc) is 2.01. The van der Waals surface area contributed by atoms with Gasteiger partial charge in [-0.1, -0.05) is 0 Å². The lowest BCUT2D eigenvalue weighted by Crippen LogP contribution is -2.26. The molecule has 0 unspecified atom stereocenters. The highest BCUT2D eigenvalue weighted by molar-refractivity contribution is 5.71. The van der Waals surface area contributed by atoms with E-state index >= 15 is 0 Å². The van der Waals surface area contributed by atoms with E-state index in [-0.39, 0.29) is 11.3 Å². The summed E-state index contributed by atoms with van der Waals surface area (Å²) in [5, 5.41) is 29.6. The lowest BCUT2D eigenvalue weighted by molar-refractivity contribution is -0.606. The monoisotopic (exact) mass is 198 g/mol. The number of nitro groups is 1. The standard InChI is InChI=1S/C7H6N2O5/c10-7(11)3-5-4-8(12)2-1-6(5)9(13)14/h1-2,4H,3H2,(H,10,11). The molecule has 1 rings (SSSR count). The fourth-order valence-corrected chi connectivity index (χ4v) is 0.991. The minimum Gasteiger partial charge on any atom is -0.619 e. The van der Waals surface area contributed by atoms with E-state index < -0.39 is 17.3 Å². The molecule has 0 atom stereocenters. The van der Waals surface area contributed by atoms with E-state index in [1.807, 2.05) is 0 Å². The van der Waals surface area contributed by atoms with Gasteiger partial charge in [-0.2, -0.15) is 4.73 Å². The van der Waals surface area contributed by atoms with Crippen LogP contribution in [0.3, 0.4) is 0 Å². The van der Waals surface area contributed by atoms with Crippen molar-refractivity contribution in [2.45, 2.75) is 6.42 Å². The highest BCUT2D eigenvalue weighted by Crippen LogP contribution is 2.15. The van der Waals surface area contributed by atoms with Crippen molar-refractivity contribution in [3.8, 4) is 0 Å². The number of carbonyl (C=O) groups is 1. The first-order chi connectivity index (χ1) is 6.50. The van der Waals surface area contributed by atoms with Crippen molar-refractivity contribution in [1.29, 1.82) is 0 Å². The smallest absolute Gasteiger partial charge is 0.308 e. The second-order valence-corrected chi connectivity index (χ2v) is 2.54. The maximum absolute atomic E-state index is 10.7. The van der Waals surface area contributed by atoms with E-state index in [9.17, 15) is 20.1 Å². The molecular formula is C7H6N2O5. The topological polar surface area (TPSA) is 107 Å². The van der Waals surface area contributed by atoms with Gasteiger partial charge in [-0.25, -0.2) is 0 Å². The molecule has 1 aromatic heterocycles. The van der Waals surface area contributed by atoms with Gasteiger partial charge in [0.05, 0.1) is 17.4 Å². The summed E-state index contributed by atoms with van der Waals surface area (Å²) in [6.07, 6.45) is 1.29. The minimum atomic E-state index is -1.22. The molecule has 0 fully saturated rings. The SMILES string of the molecule is O=C(O)Cc1c[n+]([O-])ccc1[N+](=O)[O-]. The Morgan fingerprint density at radius 1 is 1.64 bits per heavy atom. The molecule has 0 bridgehead atoms. The Hall–Kier alpha value is -2.18. The van der Waals surface area contributed by atoms with Gasteiger partial charge < -0.3 is 10.3 Å². The molecular weight excluding hydrogens is 192 g/mol. The first kappa shape index (κ1) is 9.90. The molecule has 14 heavy (non-hydrogen) atoms. The van der Waals surface area contributed by atoms with Crippen LogP contribution in [-0.4, -0.2) is 16.0 Å². The van der Waals surface area contributed by atoms with Gasteiger partial charge in [0.2, 0.25) is 0 Å². The van der Waals surface area contributed by atoms with E-state index in [1.165, 1.54) is 0 Å². The van der Waals surface area contributed by atoms with Gasteiger partial charge in [-0.3, -0.25) is 14.9 Å². The molecule has 1 heterocycles. The fourth-order valence-electron chi connectivity index (χ4n) is 0.991. The van der Waals surface area contributed by atoms with Crippen molar-refractivity contribution in [2.75, 3.05) is 0 Å². The highest BCUT2D eigenvalue weighted by atomic mass is 16.6. The largest absolute Gasteiger partial charge is 0.619 e.